The Kier molecular flexibility index (Phi) is 8.11. The average Bonchev–Trinajstić information content (AvgIpc) is 3.14. The topological polar surface area (TPSA) is 113 Å². The van der Waals surface area contributed by atoms with Crippen LogP contribution in [0.15, 0.2) is 59.0 Å². The molecule has 1 unspecified atom stereocenters. The Morgan fingerprint density at radius 2 is 1.83 bits per heavy atom. The zero-order valence-electron chi connectivity index (χ0n) is 19.7. The molecule has 4 rings (SSSR count). The van der Waals surface area contributed by atoms with Gasteiger partial charge in [-0.15, -0.1) is 0 Å². The molecule has 9 nitrogen and oxygen atoms in total. The smallest absolute Gasteiger partial charge is 0.295 e. The lowest BCUT2D eigenvalue weighted by atomic mass is 9.95. The SMILES string of the molecule is COCCCN1C(=O)C(=O)/C(=C(\O)c2ccc(S(=O)(=O)N3CCOCC3)cc2)C1c1cccc(Cl)c1. The van der Waals surface area contributed by atoms with Crippen LogP contribution in [0.5, 0.6) is 0 Å². The number of aliphatic hydroxyl groups excluding tert-OH is 1. The van der Waals surface area contributed by atoms with Gasteiger partial charge in [0.25, 0.3) is 11.7 Å². The number of aliphatic hydroxyl groups is 1. The third kappa shape index (κ3) is 5.18. The molecule has 2 aromatic carbocycles. The molecule has 1 amide bonds. The first-order valence-corrected chi connectivity index (χ1v) is 13.3. The van der Waals surface area contributed by atoms with Crippen LogP contribution in [0.25, 0.3) is 5.76 Å². The highest BCUT2D eigenvalue weighted by atomic mass is 35.5. The maximum atomic E-state index is 13.1. The number of sulfonamides is 1. The number of hydrogen-bond acceptors (Lipinski definition) is 7. The second-order valence-electron chi connectivity index (χ2n) is 8.43. The van der Waals surface area contributed by atoms with Gasteiger partial charge in [0, 0.05) is 43.9 Å². The van der Waals surface area contributed by atoms with Crippen LogP contribution in [-0.4, -0.2) is 81.0 Å². The molecule has 0 spiro atoms. The van der Waals surface area contributed by atoms with Crippen molar-refractivity contribution >= 4 is 39.1 Å². The van der Waals surface area contributed by atoms with Gasteiger partial charge < -0.3 is 19.5 Å². The number of likely N-dealkylation sites (tertiary alicyclic amines) is 1. The second-order valence-corrected chi connectivity index (χ2v) is 10.8. The number of hydrogen-bond donors (Lipinski definition) is 1. The maximum Gasteiger partial charge on any atom is 0.295 e. The van der Waals surface area contributed by atoms with Crippen molar-refractivity contribution in [2.24, 2.45) is 0 Å². The summed E-state index contributed by atoms with van der Waals surface area (Å²) in [6, 6.07) is 11.5. The quantitative estimate of drug-likeness (QED) is 0.240. The Labute approximate surface area is 214 Å². The fourth-order valence-electron chi connectivity index (χ4n) is 4.39. The van der Waals surface area contributed by atoms with E-state index in [-0.39, 0.29) is 41.4 Å². The first kappa shape index (κ1) is 26.3. The first-order valence-electron chi connectivity index (χ1n) is 11.5. The van der Waals surface area contributed by atoms with Gasteiger partial charge >= 0.3 is 0 Å². The molecule has 36 heavy (non-hydrogen) atoms. The van der Waals surface area contributed by atoms with Crippen LogP contribution in [0.3, 0.4) is 0 Å². The van der Waals surface area contributed by atoms with E-state index in [1.54, 1.807) is 31.4 Å². The number of rotatable bonds is 8. The van der Waals surface area contributed by atoms with Crippen LogP contribution in [-0.2, 0) is 29.1 Å². The van der Waals surface area contributed by atoms with Gasteiger partial charge in [0.1, 0.15) is 5.76 Å². The van der Waals surface area contributed by atoms with Gasteiger partial charge in [-0.2, -0.15) is 4.31 Å². The molecular weight excluding hydrogens is 508 g/mol. The highest BCUT2D eigenvalue weighted by Crippen LogP contribution is 2.40. The van der Waals surface area contributed by atoms with Gasteiger partial charge in [0.2, 0.25) is 10.0 Å². The largest absolute Gasteiger partial charge is 0.507 e. The van der Waals surface area contributed by atoms with E-state index in [0.29, 0.717) is 36.8 Å². The number of ether oxygens (including phenoxy) is 2. The number of morpholine rings is 1. The average molecular weight is 535 g/mol. The molecule has 2 fully saturated rings. The van der Waals surface area contributed by atoms with Gasteiger partial charge in [-0.3, -0.25) is 9.59 Å². The number of carbonyl (C=O) groups excluding carboxylic acids is 2. The van der Waals surface area contributed by atoms with E-state index >= 15 is 0 Å². The number of nitrogens with zero attached hydrogens (tertiary/aromatic N) is 2. The Hall–Kier alpha value is -2.76. The molecule has 1 N–H and O–H groups in total. The van der Waals surface area contributed by atoms with E-state index in [9.17, 15) is 23.1 Å². The number of carbonyl (C=O) groups is 2. The Bertz CT molecular complexity index is 1270. The van der Waals surface area contributed by atoms with Gasteiger partial charge in [0.05, 0.1) is 29.7 Å². The van der Waals surface area contributed by atoms with E-state index in [1.807, 2.05) is 0 Å². The molecule has 192 valence electrons. The van der Waals surface area contributed by atoms with E-state index in [4.69, 9.17) is 21.1 Å². The number of ketones is 1. The molecule has 2 saturated heterocycles. The molecule has 2 aliphatic heterocycles. The van der Waals surface area contributed by atoms with E-state index in [2.05, 4.69) is 0 Å². The lowest BCUT2D eigenvalue weighted by Gasteiger charge is -2.26. The van der Waals surface area contributed by atoms with Gasteiger partial charge in [-0.25, -0.2) is 8.42 Å². The predicted molar refractivity (Wildman–Crippen MR) is 133 cm³/mol. The summed E-state index contributed by atoms with van der Waals surface area (Å²) in [5, 5.41) is 11.6. The van der Waals surface area contributed by atoms with Crippen LogP contribution in [0.1, 0.15) is 23.6 Å². The molecule has 0 saturated carbocycles. The normalized spacial score (nSPS) is 20.7. The molecule has 2 aromatic rings. The molecule has 1 atom stereocenters. The Balaban J connectivity index is 1.72. The van der Waals surface area contributed by atoms with Crippen LogP contribution in [0, 0.1) is 0 Å². The highest BCUT2D eigenvalue weighted by Gasteiger charge is 2.45. The molecule has 0 aliphatic carbocycles. The summed E-state index contributed by atoms with van der Waals surface area (Å²) in [5.74, 6) is -1.94. The Morgan fingerprint density at radius 3 is 2.47 bits per heavy atom. The van der Waals surface area contributed by atoms with Crippen molar-refractivity contribution in [3.63, 3.8) is 0 Å². The highest BCUT2D eigenvalue weighted by molar-refractivity contribution is 7.89. The standard InChI is InChI=1S/C25H27ClN2O7S/c1-34-13-3-10-28-22(18-4-2-5-19(26)16-18)21(24(30)25(28)31)23(29)17-6-8-20(9-7-17)36(32,33)27-11-14-35-15-12-27/h2,4-9,16,22,29H,3,10-15H2,1H3/b23-21-. The monoisotopic (exact) mass is 534 g/mol. The van der Waals surface area contributed by atoms with Crippen molar-refractivity contribution in [1.29, 1.82) is 0 Å². The first-order chi connectivity index (χ1) is 17.3. The van der Waals surface area contributed by atoms with E-state index in [1.165, 1.54) is 33.5 Å². The van der Waals surface area contributed by atoms with Crippen LogP contribution < -0.4 is 0 Å². The van der Waals surface area contributed by atoms with Crippen molar-refractivity contribution in [2.75, 3.05) is 46.6 Å². The number of amides is 1. The third-order valence-corrected chi connectivity index (χ3v) is 8.34. The number of methoxy groups -OCH3 is 1. The Morgan fingerprint density at radius 1 is 1.14 bits per heavy atom. The summed E-state index contributed by atoms with van der Waals surface area (Å²) in [7, 11) is -2.18. The summed E-state index contributed by atoms with van der Waals surface area (Å²) in [6.07, 6.45) is 0.495. The summed E-state index contributed by atoms with van der Waals surface area (Å²) in [5.41, 5.74) is 0.716. The molecule has 2 heterocycles. The van der Waals surface area contributed by atoms with Crippen LogP contribution in [0.4, 0.5) is 0 Å². The minimum Gasteiger partial charge on any atom is -0.507 e. The van der Waals surface area contributed by atoms with Crippen molar-refractivity contribution < 1.29 is 32.6 Å². The minimum absolute atomic E-state index is 0.0624. The zero-order valence-corrected chi connectivity index (χ0v) is 21.3. The summed E-state index contributed by atoms with van der Waals surface area (Å²) in [4.78, 5) is 27.5. The molecule has 2 aliphatic rings. The number of Topliss-reactive ketones (excluding diaryl/α,β-unsaturated/α-hetero) is 1. The zero-order chi connectivity index (χ0) is 25.9. The van der Waals surface area contributed by atoms with Gasteiger partial charge in [-0.1, -0.05) is 23.7 Å². The van der Waals surface area contributed by atoms with Gasteiger partial charge in [-0.05, 0) is 48.4 Å². The molecule has 0 aromatic heterocycles. The second kappa shape index (κ2) is 11.1. The lowest BCUT2D eigenvalue weighted by Crippen LogP contribution is -2.40. The fourth-order valence-corrected chi connectivity index (χ4v) is 6.00. The number of benzene rings is 2. The summed E-state index contributed by atoms with van der Waals surface area (Å²) < 4.78 is 37.5. The third-order valence-electron chi connectivity index (χ3n) is 6.19. The minimum atomic E-state index is -3.72. The van der Waals surface area contributed by atoms with Crippen molar-refractivity contribution in [1.82, 2.24) is 9.21 Å². The lowest BCUT2D eigenvalue weighted by molar-refractivity contribution is -0.140. The molecule has 0 bridgehead atoms. The van der Waals surface area contributed by atoms with Crippen molar-refractivity contribution in [3.05, 3.63) is 70.3 Å². The fraction of sp³-hybridized carbons (Fsp3) is 0.360. The predicted octanol–water partition coefficient (Wildman–Crippen LogP) is 2.82. The van der Waals surface area contributed by atoms with Crippen molar-refractivity contribution in [3.8, 4) is 0 Å². The summed E-state index contributed by atoms with van der Waals surface area (Å²) in [6.45, 7) is 1.80. The molecular formula is C25H27ClN2O7S. The number of halogens is 1. The summed E-state index contributed by atoms with van der Waals surface area (Å²) >= 11 is 6.18. The molecule has 11 heteroatoms. The van der Waals surface area contributed by atoms with Crippen molar-refractivity contribution in [2.45, 2.75) is 17.4 Å². The van der Waals surface area contributed by atoms with Crippen LogP contribution in [0.2, 0.25) is 5.02 Å². The molecule has 0 radical (unpaired) electrons. The van der Waals surface area contributed by atoms with E-state index < -0.39 is 27.8 Å². The van der Waals surface area contributed by atoms with E-state index in [0.717, 1.165) is 0 Å². The van der Waals surface area contributed by atoms with Crippen LogP contribution >= 0.6 is 11.6 Å². The van der Waals surface area contributed by atoms with Gasteiger partial charge in [0.15, 0.2) is 0 Å². The maximum absolute atomic E-state index is 13.1.